The van der Waals surface area contributed by atoms with Crippen LogP contribution in [0.15, 0.2) is 47.5 Å². The van der Waals surface area contributed by atoms with Crippen molar-refractivity contribution in [3.63, 3.8) is 0 Å². The van der Waals surface area contributed by atoms with Gasteiger partial charge in [0.15, 0.2) is 4.80 Å². The number of esters is 2. The zero-order valence-electron chi connectivity index (χ0n) is 15.0. The smallest absolute Gasteiger partial charge is 0.338 e. The van der Waals surface area contributed by atoms with Crippen molar-refractivity contribution in [2.75, 3.05) is 14.2 Å². The lowest BCUT2D eigenvalue weighted by atomic mass is 10.1. The van der Waals surface area contributed by atoms with Crippen LogP contribution in [0.3, 0.4) is 0 Å². The van der Waals surface area contributed by atoms with Crippen LogP contribution in [0.1, 0.15) is 20.7 Å². The molecule has 1 amide bonds. The number of ether oxygens (including phenoxy) is 2. The van der Waals surface area contributed by atoms with Crippen LogP contribution in [-0.2, 0) is 20.8 Å². The van der Waals surface area contributed by atoms with Gasteiger partial charge in [-0.25, -0.2) is 9.18 Å². The summed E-state index contributed by atoms with van der Waals surface area (Å²) in [5.41, 5.74) is 0.664. The number of carbonyl (C=O) groups is 3. The summed E-state index contributed by atoms with van der Waals surface area (Å²) in [7, 11) is 2.46. The molecule has 0 spiro atoms. The first kappa shape index (κ1) is 19.4. The van der Waals surface area contributed by atoms with Crippen LogP contribution < -0.4 is 4.80 Å². The quantitative estimate of drug-likeness (QED) is 0.626. The van der Waals surface area contributed by atoms with Gasteiger partial charge in [0.05, 0.1) is 35.6 Å². The number of hydrogen-bond donors (Lipinski definition) is 0. The van der Waals surface area contributed by atoms with Crippen molar-refractivity contribution in [1.82, 2.24) is 4.57 Å². The second-order valence-corrected chi connectivity index (χ2v) is 6.62. The number of hydrogen-bond acceptors (Lipinski definition) is 6. The molecule has 0 N–H and O–H groups in total. The third-order valence-corrected chi connectivity index (χ3v) is 4.96. The van der Waals surface area contributed by atoms with Gasteiger partial charge in [0, 0.05) is 0 Å². The van der Waals surface area contributed by atoms with E-state index in [1.807, 2.05) is 0 Å². The third-order valence-electron chi connectivity index (χ3n) is 3.92. The number of benzene rings is 2. The van der Waals surface area contributed by atoms with E-state index in [-0.39, 0.29) is 22.5 Å². The molecule has 0 fully saturated rings. The van der Waals surface area contributed by atoms with Crippen molar-refractivity contribution in [1.29, 1.82) is 0 Å². The fraction of sp³-hybridized carbons (Fsp3) is 0.158. The largest absolute Gasteiger partial charge is 0.468 e. The topological polar surface area (TPSA) is 87.0 Å². The SMILES string of the molecule is COC(=O)Cn1c(=NC(=O)c2ccccc2C(=O)OC)sc2cc(F)ccc21. The molecule has 3 rings (SSSR count). The van der Waals surface area contributed by atoms with E-state index in [0.717, 1.165) is 11.3 Å². The van der Waals surface area contributed by atoms with E-state index in [0.29, 0.717) is 10.2 Å². The molecule has 0 saturated heterocycles. The molecule has 0 radical (unpaired) electrons. The van der Waals surface area contributed by atoms with Crippen molar-refractivity contribution in [2.24, 2.45) is 4.99 Å². The summed E-state index contributed by atoms with van der Waals surface area (Å²) in [4.78, 5) is 40.7. The van der Waals surface area contributed by atoms with Crippen LogP contribution in [0.25, 0.3) is 10.2 Å². The molecule has 7 nitrogen and oxygen atoms in total. The Hall–Kier alpha value is -3.33. The fourth-order valence-electron chi connectivity index (χ4n) is 2.58. The minimum absolute atomic E-state index is 0.0580. The summed E-state index contributed by atoms with van der Waals surface area (Å²) in [6.45, 7) is -0.201. The van der Waals surface area contributed by atoms with Crippen molar-refractivity contribution in [3.05, 3.63) is 64.2 Å². The highest BCUT2D eigenvalue weighted by Crippen LogP contribution is 2.19. The van der Waals surface area contributed by atoms with Crippen LogP contribution in [0, 0.1) is 5.82 Å². The van der Waals surface area contributed by atoms with Crippen molar-refractivity contribution >= 4 is 39.4 Å². The molecule has 28 heavy (non-hydrogen) atoms. The number of nitrogens with zero attached hydrogens (tertiary/aromatic N) is 2. The lowest BCUT2D eigenvalue weighted by Crippen LogP contribution is -2.22. The van der Waals surface area contributed by atoms with Gasteiger partial charge in [0.25, 0.3) is 5.91 Å². The maximum absolute atomic E-state index is 13.6. The molecule has 2 aromatic carbocycles. The predicted molar refractivity (Wildman–Crippen MR) is 99.5 cm³/mol. The molecule has 3 aromatic rings. The van der Waals surface area contributed by atoms with Crippen LogP contribution in [0.4, 0.5) is 4.39 Å². The average Bonchev–Trinajstić information content (AvgIpc) is 3.02. The number of thiazole rings is 1. The molecule has 0 aliphatic carbocycles. The van der Waals surface area contributed by atoms with E-state index in [1.54, 1.807) is 12.1 Å². The van der Waals surface area contributed by atoms with Gasteiger partial charge in [-0.1, -0.05) is 23.5 Å². The van der Waals surface area contributed by atoms with E-state index < -0.39 is 23.7 Å². The Bertz CT molecular complexity index is 1150. The monoisotopic (exact) mass is 402 g/mol. The van der Waals surface area contributed by atoms with Crippen LogP contribution in [-0.4, -0.2) is 36.6 Å². The molecule has 1 aromatic heterocycles. The second kappa shape index (κ2) is 8.13. The van der Waals surface area contributed by atoms with E-state index in [4.69, 9.17) is 4.74 Å². The molecule has 9 heteroatoms. The molecule has 0 aliphatic rings. The molecule has 0 bridgehead atoms. The van der Waals surface area contributed by atoms with Crippen molar-refractivity contribution < 1.29 is 28.2 Å². The summed E-state index contributed by atoms with van der Waals surface area (Å²) in [6.07, 6.45) is 0. The standard InChI is InChI=1S/C19H15FN2O5S/c1-26-16(23)10-22-14-8-7-11(20)9-15(14)28-19(22)21-17(24)12-5-3-4-6-13(12)18(25)27-2/h3-9H,10H2,1-2H3. The molecular formula is C19H15FN2O5S. The first-order valence-electron chi connectivity index (χ1n) is 8.06. The van der Waals surface area contributed by atoms with Gasteiger partial charge >= 0.3 is 11.9 Å². The molecule has 1 heterocycles. The first-order valence-corrected chi connectivity index (χ1v) is 8.88. The van der Waals surface area contributed by atoms with Gasteiger partial charge in [0.2, 0.25) is 0 Å². The zero-order chi connectivity index (χ0) is 20.3. The number of rotatable bonds is 4. The molecule has 0 saturated carbocycles. The zero-order valence-corrected chi connectivity index (χ0v) is 15.8. The third kappa shape index (κ3) is 3.84. The van der Waals surface area contributed by atoms with E-state index >= 15 is 0 Å². The maximum atomic E-state index is 13.6. The summed E-state index contributed by atoms with van der Waals surface area (Å²) in [5.74, 6) is -2.35. The Morgan fingerprint density at radius 2 is 1.79 bits per heavy atom. The predicted octanol–water partition coefficient (Wildman–Crippen LogP) is 2.54. The number of methoxy groups -OCH3 is 2. The van der Waals surface area contributed by atoms with Crippen molar-refractivity contribution in [2.45, 2.75) is 6.54 Å². The number of halogens is 1. The Morgan fingerprint density at radius 3 is 2.46 bits per heavy atom. The van der Waals surface area contributed by atoms with Crippen LogP contribution >= 0.6 is 11.3 Å². The highest BCUT2D eigenvalue weighted by molar-refractivity contribution is 7.16. The number of carbonyl (C=O) groups excluding carboxylic acids is 3. The van der Waals surface area contributed by atoms with Gasteiger partial charge in [-0.2, -0.15) is 4.99 Å². The first-order chi connectivity index (χ1) is 13.4. The molecular weight excluding hydrogens is 387 g/mol. The molecule has 0 atom stereocenters. The van der Waals surface area contributed by atoms with Gasteiger partial charge in [0.1, 0.15) is 12.4 Å². The van der Waals surface area contributed by atoms with Gasteiger partial charge < -0.3 is 14.0 Å². The highest BCUT2D eigenvalue weighted by atomic mass is 32.1. The van der Waals surface area contributed by atoms with E-state index in [1.165, 1.54) is 49.1 Å². The van der Waals surface area contributed by atoms with E-state index in [9.17, 15) is 18.8 Å². The number of amides is 1. The van der Waals surface area contributed by atoms with E-state index in [2.05, 4.69) is 9.73 Å². The van der Waals surface area contributed by atoms with Gasteiger partial charge in [-0.3, -0.25) is 9.59 Å². The lowest BCUT2D eigenvalue weighted by molar-refractivity contribution is -0.141. The van der Waals surface area contributed by atoms with Crippen LogP contribution in [0.2, 0.25) is 0 Å². The molecule has 0 aliphatic heterocycles. The Kier molecular flexibility index (Phi) is 5.65. The number of aromatic nitrogens is 1. The van der Waals surface area contributed by atoms with Gasteiger partial charge in [-0.05, 0) is 30.3 Å². The Morgan fingerprint density at radius 1 is 1.07 bits per heavy atom. The maximum Gasteiger partial charge on any atom is 0.338 e. The summed E-state index contributed by atoms with van der Waals surface area (Å²) < 4.78 is 24.9. The Balaban J connectivity index is 2.16. The lowest BCUT2D eigenvalue weighted by Gasteiger charge is -2.05. The molecule has 0 unspecified atom stereocenters. The minimum Gasteiger partial charge on any atom is -0.468 e. The summed E-state index contributed by atoms with van der Waals surface area (Å²) >= 11 is 1.05. The normalized spacial score (nSPS) is 11.5. The fourth-order valence-corrected chi connectivity index (χ4v) is 3.64. The second-order valence-electron chi connectivity index (χ2n) is 5.61. The summed E-state index contributed by atoms with van der Waals surface area (Å²) in [6, 6.07) is 10.1. The van der Waals surface area contributed by atoms with Crippen LogP contribution in [0.5, 0.6) is 0 Å². The average molecular weight is 402 g/mol. The minimum atomic E-state index is -0.688. The Labute approximate surface area is 162 Å². The molecule has 144 valence electrons. The highest BCUT2D eigenvalue weighted by Gasteiger charge is 2.18. The van der Waals surface area contributed by atoms with Crippen molar-refractivity contribution in [3.8, 4) is 0 Å². The summed E-state index contributed by atoms with van der Waals surface area (Å²) in [5, 5.41) is 0. The van der Waals surface area contributed by atoms with Gasteiger partial charge in [-0.15, -0.1) is 0 Å². The number of fused-ring (bicyclic) bond motifs is 1.